The topological polar surface area (TPSA) is 12.5 Å². The van der Waals surface area contributed by atoms with E-state index in [1.807, 2.05) is 0 Å². The molecular weight excluding hydrogens is 210 g/mol. The van der Waals surface area contributed by atoms with Crippen molar-refractivity contribution in [2.75, 3.05) is 26.7 Å². The van der Waals surface area contributed by atoms with Crippen LogP contribution in [0.1, 0.15) is 5.56 Å². The first-order valence-electron chi connectivity index (χ1n) is 5.18. The zero-order valence-corrected chi connectivity index (χ0v) is 9.87. The van der Waals surface area contributed by atoms with E-state index >= 15 is 0 Å². The number of rotatable bonds is 2. The van der Waals surface area contributed by atoms with Crippen molar-refractivity contribution < 1.29 is 4.74 Å². The van der Waals surface area contributed by atoms with Crippen molar-refractivity contribution >= 4 is 12.4 Å². The van der Waals surface area contributed by atoms with Gasteiger partial charge in [-0.2, -0.15) is 0 Å². The van der Waals surface area contributed by atoms with Crippen LogP contribution in [-0.4, -0.2) is 37.7 Å². The van der Waals surface area contributed by atoms with Crippen molar-refractivity contribution in [1.82, 2.24) is 4.90 Å². The van der Waals surface area contributed by atoms with E-state index in [1.165, 1.54) is 5.56 Å². The average molecular weight is 228 g/mol. The highest BCUT2D eigenvalue weighted by Crippen LogP contribution is 2.10. The monoisotopic (exact) mass is 227 g/mol. The average Bonchev–Trinajstić information content (AvgIpc) is 2.19. The maximum absolute atomic E-state index is 5.71. The third-order valence-corrected chi connectivity index (χ3v) is 2.65. The molecule has 0 amide bonds. The van der Waals surface area contributed by atoms with Gasteiger partial charge in [-0.3, -0.25) is 0 Å². The summed E-state index contributed by atoms with van der Waals surface area (Å²) in [7, 11) is 2.15. The van der Waals surface area contributed by atoms with Gasteiger partial charge >= 0.3 is 0 Å². The van der Waals surface area contributed by atoms with E-state index in [2.05, 4.69) is 42.3 Å². The van der Waals surface area contributed by atoms with Crippen molar-refractivity contribution in [3.05, 3.63) is 35.9 Å². The van der Waals surface area contributed by atoms with E-state index in [9.17, 15) is 0 Å². The summed E-state index contributed by atoms with van der Waals surface area (Å²) in [5, 5.41) is 0. The molecule has 1 unspecified atom stereocenters. The van der Waals surface area contributed by atoms with Gasteiger partial charge in [0.15, 0.2) is 0 Å². The van der Waals surface area contributed by atoms with Gasteiger partial charge in [-0.05, 0) is 19.0 Å². The maximum atomic E-state index is 5.71. The number of hydrogen-bond acceptors (Lipinski definition) is 2. The highest BCUT2D eigenvalue weighted by atomic mass is 35.5. The van der Waals surface area contributed by atoms with Crippen LogP contribution in [-0.2, 0) is 11.2 Å². The summed E-state index contributed by atoms with van der Waals surface area (Å²) in [5.74, 6) is 0. The molecule has 2 nitrogen and oxygen atoms in total. The van der Waals surface area contributed by atoms with Gasteiger partial charge in [0.2, 0.25) is 0 Å². The van der Waals surface area contributed by atoms with Gasteiger partial charge in [0.1, 0.15) is 0 Å². The lowest BCUT2D eigenvalue weighted by atomic mass is 10.1. The molecule has 1 atom stereocenters. The molecule has 1 aliphatic heterocycles. The molecule has 3 heteroatoms. The Balaban J connectivity index is 0.00000112. The Morgan fingerprint density at radius 1 is 1.33 bits per heavy atom. The normalized spacial score (nSPS) is 22.1. The summed E-state index contributed by atoms with van der Waals surface area (Å²) in [6, 6.07) is 10.6. The number of nitrogens with zero attached hydrogens (tertiary/aromatic N) is 1. The molecule has 0 aromatic heterocycles. The second-order valence-corrected chi connectivity index (χ2v) is 3.94. The molecule has 15 heavy (non-hydrogen) atoms. The summed E-state index contributed by atoms with van der Waals surface area (Å²) < 4.78 is 5.71. The fourth-order valence-electron chi connectivity index (χ4n) is 1.87. The quantitative estimate of drug-likeness (QED) is 0.766. The van der Waals surface area contributed by atoms with E-state index in [1.54, 1.807) is 0 Å². The molecule has 0 spiro atoms. The number of hydrogen-bond donors (Lipinski definition) is 0. The van der Waals surface area contributed by atoms with Gasteiger partial charge in [0.25, 0.3) is 0 Å². The van der Waals surface area contributed by atoms with Gasteiger partial charge < -0.3 is 9.64 Å². The fraction of sp³-hybridized carbons (Fsp3) is 0.500. The first kappa shape index (κ1) is 12.5. The Morgan fingerprint density at radius 2 is 2.07 bits per heavy atom. The highest BCUT2D eigenvalue weighted by molar-refractivity contribution is 5.85. The molecule has 1 heterocycles. The molecule has 0 bridgehead atoms. The molecule has 0 radical (unpaired) electrons. The minimum atomic E-state index is 0. The molecule has 1 aliphatic rings. The van der Waals surface area contributed by atoms with Crippen molar-refractivity contribution in [1.29, 1.82) is 0 Å². The standard InChI is InChI=1S/C12H17NO.ClH/c1-13-7-8-14-12(10-13)9-11-5-3-2-4-6-11;/h2-6,12H,7-10H2,1H3;1H. The van der Waals surface area contributed by atoms with E-state index in [-0.39, 0.29) is 12.4 Å². The third-order valence-electron chi connectivity index (χ3n) is 2.65. The van der Waals surface area contributed by atoms with Crippen LogP contribution < -0.4 is 0 Å². The lowest BCUT2D eigenvalue weighted by Crippen LogP contribution is -2.40. The predicted octanol–water partition coefficient (Wildman–Crippen LogP) is 1.98. The minimum absolute atomic E-state index is 0. The second-order valence-electron chi connectivity index (χ2n) is 3.94. The SMILES string of the molecule is CN1CCOC(Cc2ccccc2)C1.Cl. The van der Waals surface area contributed by atoms with Crippen molar-refractivity contribution in [3.63, 3.8) is 0 Å². The molecule has 0 aliphatic carbocycles. The Morgan fingerprint density at radius 3 is 2.73 bits per heavy atom. The van der Waals surface area contributed by atoms with Crippen LogP contribution in [0.25, 0.3) is 0 Å². The number of halogens is 1. The van der Waals surface area contributed by atoms with Crippen LogP contribution in [0.3, 0.4) is 0 Å². The number of morpholine rings is 1. The fourth-order valence-corrected chi connectivity index (χ4v) is 1.87. The lowest BCUT2D eigenvalue weighted by molar-refractivity contribution is -0.0185. The number of benzene rings is 1. The van der Waals surface area contributed by atoms with Crippen LogP contribution in [0.15, 0.2) is 30.3 Å². The highest BCUT2D eigenvalue weighted by Gasteiger charge is 2.17. The van der Waals surface area contributed by atoms with Gasteiger partial charge in [-0.1, -0.05) is 30.3 Å². The Bertz CT molecular complexity index is 278. The molecular formula is C12H18ClNO. The molecule has 0 N–H and O–H groups in total. The van der Waals surface area contributed by atoms with E-state index in [4.69, 9.17) is 4.74 Å². The predicted molar refractivity (Wildman–Crippen MR) is 64.6 cm³/mol. The van der Waals surface area contributed by atoms with Crippen LogP contribution >= 0.6 is 12.4 Å². The largest absolute Gasteiger partial charge is 0.375 e. The summed E-state index contributed by atoms with van der Waals surface area (Å²) in [4.78, 5) is 2.33. The van der Waals surface area contributed by atoms with Crippen LogP contribution in [0, 0.1) is 0 Å². The zero-order chi connectivity index (χ0) is 9.80. The Kier molecular flexibility index (Phi) is 5.09. The molecule has 1 aromatic rings. The van der Waals surface area contributed by atoms with Gasteiger partial charge in [-0.15, -0.1) is 12.4 Å². The Labute approximate surface area is 97.6 Å². The minimum Gasteiger partial charge on any atom is -0.375 e. The summed E-state index contributed by atoms with van der Waals surface area (Å²) in [6.45, 7) is 2.98. The Hall–Kier alpha value is -0.570. The summed E-state index contributed by atoms with van der Waals surface area (Å²) in [5.41, 5.74) is 1.37. The van der Waals surface area contributed by atoms with E-state index < -0.39 is 0 Å². The van der Waals surface area contributed by atoms with Crippen LogP contribution in [0.5, 0.6) is 0 Å². The third kappa shape index (κ3) is 3.82. The van der Waals surface area contributed by atoms with Gasteiger partial charge in [0.05, 0.1) is 12.7 Å². The maximum Gasteiger partial charge on any atom is 0.0742 e. The second kappa shape index (κ2) is 6.11. The van der Waals surface area contributed by atoms with Gasteiger partial charge in [0, 0.05) is 13.1 Å². The zero-order valence-electron chi connectivity index (χ0n) is 9.06. The molecule has 0 saturated carbocycles. The van der Waals surface area contributed by atoms with Crippen molar-refractivity contribution in [3.8, 4) is 0 Å². The van der Waals surface area contributed by atoms with Crippen molar-refractivity contribution in [2.45, 2.75) is 12.5 Å². The molecule has 2 rings (SSSR count). The summed E-state index contributed by atoms with van der Waals surface area (Å²) >= 11 is 0. The molecule has 1 saturated heterocycles. The first-order chi connectivity index (χ1) is 6.84. The van der Waals surface area contributed by atoms with E-state index in [0.29, 0.717) is 6.10 Å². The van der Waals surface area contributed by atoms with Crippen LogP contribution in [0.2, 0.25) is 0 Å². The summed E-state index contributed by atoms with van der Waals surface area (Å²) in [6.07, 6.45) is 1.40. The van der Waals surface area contributed by atoms with Crippen molar-refractivity contribution in [2.24, 2.45) is 0 Å². The molecule has 1 aromatic carbocycles. The molecule has 1 fully saturated rings. The smallest absolute Gasteiger partial charge is 0.0742 e. The first-order valence-corrected chi connectivity index (χ1v) is 5.18. The lowest BCUT2D eigenvalue weighted by Gasteiger charge is -2.30. The van der Waals surface area contributed by atoms with Gasteiger partial charge in [-0.25, -0.2) is 0 Å². The van der Waals surface area contributed by atoms with Crippen LogP contribution in [0.4, 0.5) is 0 Å². The number of ether oxygens (including phenoxy) is 1. The molecule has 84 valence electrons. The number of likely N-dealkylation sites (N-methyl/N-ethyl adjacent to an activating group) is 1. The van der Waals surface area contributed by atoms with E-state index in [0.717, 1.165) is 26.1 Å².